The molecule has 0 amide bonds. The van der Waals surface area contributed by atoms with Gasteiger partial charge in [0.1, 0.15) is 0 Å². The number of rotatable bonds is 1. The van der Waals surface area contributed by atoms with E-state index in [-0.39, 0.29) is 6.79 Å². The number of H-pyrrole nitrogens is 1. The lowest BCUT2D eigenvalue weighted by molar-refractivity contribution is -0.182. The van der Waals surface area contributed by atoms with Crippen LogP contribution in [0, 0.1) is 12.3 Å². The predicted octanol–water partition coefficient (Wildman–Crippen LogP) is -1.78. The minimum atomic E-state index is -2.56. The van der Waals surface area contributed by atoms with E-state index in [1.807, 2.05) is 4.98 Å². The molecule has 1 unspecified atom stereocenters. The maximum atomic E-state index is 14.6. The minimum absolute atomic E-state index is 0.342. The van der Waals surface area contributed by atoms with Crippen molar-refractivity contribution < 1.29 is 23.7 Å². The van der Waals surface area contributed by atoms with Crippen molar-refractivity contribution >= 4 is 0 Å². The summed E-state index contributed by atoms with van der Waals surface area (Å²) < 4.78 is 31.1. The molecular formula is C12H9FN2O6. The third kappa shape index (κ3) is 1.09. The van der Waals surface area contributed by atoms with Crippen LogP contribution in [0.2, 0.25) is 0 Å². The van der Waals surface area contributed by atoms with Crippen molar-refractivity contribution in [3.8, 4) is 12.3 Å². The highest BCUT2D eigenvalue weighted by Gasteiger charge is 2.99. The fraction of sp³-hybridized carbons (Fsp3) is 0.500. The van der Waals surface area contributed by atoms with Gasteiger partial charge >= 0.3 is 5.69 Å². The Balaban J connectivity index is 1.91. The van der Waals surface area contributed by atoms with E-state index in [0.29, 0.717) is 0 Å². The van der Waals surface area contributed by atoms with Crippen molar-refractivity contribution in [2.75, 3.05) is 6.79 Å². The molecule has 8 nitrogen and oxygen atoms in total. The van der Waals surface area contributed by atoms with Crippen LogP contribution < -0.4 is 11.2 Å². The average Bonchev–Trinajstić information content (AvgIpc) is 2.80. The summed E-state index contributed by atoms with van der Waals surface area (Å²) in [6, 6.07) is 1.06. The van der Waals surface area contributed by atoms with Crippen molar-refractivity contribution in [2.24, 2.45) is 0 Å². The molecule has 5 atom stereocenters. The van der Waals surface area contributed by atoms with E-state index in [2.05, 4.69) is 5.92 Å². The maximum absolute atomic E-state index is 14.6. The highest BCUT2D eigenvalue weighted by Crippen LogP contribution is 2.72. The Labute approximate surface area is 116 Å². The van der Waals surface area contributed by atoms with Crippen LogP contribution >= 0.6 is 0 Å². The number of aromatic amines is 1. The van der Waals surface area contributed by atoms with Gasteiger partial charge < -0.3 is 19.3 Å². The van der Waals surface area contributed by atoms with Gasteiger partial charge in [-0.2, -0.15) is 0 Å². The number of alkyl halides is 1. The average molecular weight is 296 g/mol. The molecule has 1 aliphatic carbocycles. The number of nitrogens with zero attached hydrogens (tertiary/aromatic N) is 1. The zero-order chi connectivity index (χ0) is 15.0. The van der Waals surface area contributed by atoms with Gasteiger partial charge in [-0.1, -0.05) is 5.92 Å². The minimum Gasteiger partial charge on any atom is -0.384 e. The Kier molecular flexibility index (Phi) is 2.08. The lowest BCUT2D eigenvalue weighted by Gasteiger charge is -2.30. The van der Waals surface area contributed by atoms with E-state index in [1.165, 1.54) is 0 Å². The molecule has 1 aromatic rings. The van der Waals surface area contributed by atoms with Crippen molar-refractivity contribution in [3.63, 3.8) is 0 Å². The Morgan fingerprint density at radius 2 is 2.29 bits per heavy atom. The van der Waals surface area contributed by atoms with Gasteiger partial charge in [0.15, 0.2) is 19.1 Å². The summed E-state index contributed by atoms with van der Waals surface area (Å²) in [6.45, 7) is -0.342. The van der Waals surface area contributed by atoms with E-state index in [0.717, 1.165) is 16.8 Å². The number of aliphatic hydroxyl groups is 1. The van der Waals surface area contributed by atoms with Gasteiger partial charge in [0, 0.05) is 12.3 Å². The summed E-state index contributed by atoms with van der Waals surface area (Å²) in [7, 11) is 0. The first-order chi connectivity index (χ1) is 9.93. The summed E-state index contributed by atoms with van der Waals surface area (Å²) in [5.74, 6) is -0.316. The first-order valence-electron chi connectivity index (χ1n) is 6.05. The molecule has 3 fully saturated rings. The number of ether oxygens (including phenoxy) is 3. The van der Waals surface area contributed by atoms with Crippen LogP contribution in [0.3, 0.4) is 0 Å². The molecule has 0 aromatic carbocycles. The molecule has 3 heterocycles. The van der Waals surface area contributed by atoms with E-state index < -0.39 is 40.6 Å². The summed E-state index contributed by atoms with van der Waals surface area (Å²) in [6.07, 6.45) is 3.58. The van der Waals surface area contributed by atoms with Crippen LogP contribution in [-0.2, 0) is 14.2 Å². The van der Waals surface area contributed by atoms with Crippen molar-refractivity contribution in [3.05, 3.63) is 33.1 Å². The maximum Gasteiger partial charge on any atom is 0.330 e. The normalized spacial score (nSPS) is 46.7. The zero-order valence-corrected chi connectivity index (χ0v) is 10.4. The molecule has 2 N–H and O–H groups in total. The number of aliphatic hydroxyl groups excluding tert-OH is 1. The Bertz CT molecular complexity index is 798. The predicted molar refractivity (Wildman–Crippen MR) is 62.6 cm³/mol. The Hall–Kier alpha value is -1.99. The smallest absolute Gasteiger partial charge is 0.330 e. The van der Waals surface area contributed by atoms with Crippen molar-refractivity contribution in [2.45, 2.75) is 29.4 Å². The molecule has 3 aliphatic rings. The molecule has 1 spiro atoms. The van der Waals surface area contributed by atoms with E-state index in [1.54, 1.807) is 0 Å². The van der Waals surface area contributed by atoms with Crippen molar-refractivity contribution in [1.82, 2.24) is 9.55 Å². The number of hydrogen-bond acceptors (Lipinski definition) is 6. The van der Waals surface area contributed by atoms with Gasteiger partial charge in [-0.25, -0.2) is 9.18 Å². The van der Waals surface area contributed by atoms with Crippen LogP contribution in [-0.4, -0.2) is 44.6 Å². The second-order valence-electron chi connectivity index (χ2n) is 5.06. The van der Waals surface area contributed by atoms with Crippen LogP contribution in [0.25, 0.3) is 0 Å². The zero-order valence-electron chi connectivity index (χ0n) is 10.4. The summed E-state index contributed by atoms with van der Waals surface area (Å²) >= 11 is 0. The SMILES string of the molecule is C#C[C@@]12OCO[C@@]13C(O)[C@@]3(F)O[C@H]2n1ccc(=O)[nH]c1=O. The molecule has 1 aromatic heterocycles. The fourth-order valence-electron chi connectivity index (χ4n) is 3.17. The number of aromatic nitrogens is 2. The molecule has 0 bridgehead atoms. The standard InChI is InChI=1S/C12H9FN2O6/c1-2-10-8(15-4-3-6(16)14-9(15)18)21-12(13)7(17)11(10,12)20-5-19-10/h1,3-4,7-8,17H,5H2,(H,14,16,18)/t7?,8-,10+,11+,12-/m1/s1. The summed E-state index contributed by atoms with van der Waals surface area (Å²) in [5.41, 5.74) is -5.13. The molecule has 1 saturated carbocycles. The first kappa shape index (κ1) is 12.7. The number of terminal acetylenes is 1. The molecular weight excluding hydrogens is 287 g/mol. The quantitative estimate of drug-likeness (QED) is 0.594. The van der Waals surface area contributed by atoms with Crippen molar-refractivity contribution in [1.29, 1.82) is 0 Å². The third-order valence-corrected chi connectivity index (χ3v) is 4.23. The second kappa shape index (κ2) is 3.42. The van der Waals surface area contributed by atoms with E-state index in [9.17, 15) is 19.1 Å². The van der Waals surface area contributed by atoms with Crippen LogP contribution in [0.4, 0.5) is 4.39 Å². The highest BCUT2D eigenvalue weighted by atomic mass is 19.2. The largest absolute Gasteiger partial charge is 0.384 e. The molecule has 4 rings (SSSR count). The van der Waals surface area contributed by atoms with Gasteiger partial charge in [0.05, 0.1) is 0 Å². The Morgan fingerprint density at radius 1 is 1.52 bits per heavy atom. The molecule has 2 saturated heterocycles. The topological polar surface area (TPSA) is 103 Å². The van der Waals surface area contributed by atoms with Gasteiger partial charge in [-0.05, 0) is 0 Å². The first-order valence-corrected chi connectivity index (χ1v) is 6.05. The molecule has 21 heavy (non-hydrogen) atoms. The monoisotopic (exact) mass is 296 g/mol. The summed E-state index contributed by atoms with van der Waals surface area (Å²) in [5, 5.41) is 9.80. The lowest BCUT2D eigenvalue weighted by Crippen LogP contribution is -2.50. The summed E-state index contributed by atoms with van der Waals surface area (Å²) in [4.78, 5) is 25.0. The number of hydrogen-bond donors (Lipinski definition) is 2. The van der Waals surface area contributed by atoms with E-state index >= 15 is 0 Å². The van der Waals surface area contributed by atoms with Gasteiger partial charge in [-0.15, -0.1) is 6.42 Å². The van der Waals surface area contributed by atoms with Crippen LogP contribution in [0.5, 0.6) is 0 Å². The van der Waals surface area contributed by atoms with E-state index in [4.69, 9.17) is 20.6 Å². The lowest BCUT2D eigenvalue weighted by atomic mass is 9.93. The molecule has 110 valence electrons. The molecule has 2 aliphatic heterocycles. The Morgan fingerprint density at radius 3 is 2.95 bits per heavy atom. The third-order valence-electron chi connectivity index (χ3n) is 4.23. The second-order valence-corrected chi connectivity index (χ2v) is 5.06. The van der Waals surface area contributed by atoms with Crippen LogP contribution in [0.1, 0.15) is 6.23 Å². The van der Waals surface area contributed by atoms with Gasteiger partial charge in [-0.3, -0.25) is 14.3 Å². The molecule has 9 heteroatoms. The molecule has 0 radical (unpaired) electrons. The number of nitrogens with one attached hydrogen (secondary N) is 1. The fourth-order valence-corrected chi connectivity index (χ4v) is 3.17. The van der Waals surface area contributed by atoms with Gasteiger partial charge in [0.2, 0.25) is 11.2 Å². The van der Waals surface area contributed by atoms with Crippen LogP contribution in [0.15, 0.2) is 21.9 Å². The number of halogens is 1. The van der Waals surface area contributed by atoms with Gasteiger partial charge in [0.25, 0.3) is 11.4 Å². The highest BCUT2D eigenvalue weighted by molar-refractivity contribution is 5.45.